The fourth-order valence-electron chi connectivity index (χ4n) is 3.25. The highest BCUT2D eigenvalue weighted by Crippen LogP contribution is 2.37. The normalized spacial score (nSPS) is 12.5. The first-order valence-electron chi connectivity index (χ1n) is 10.3. The lowest BCUT2D eigenvalue weighted by atomic mass is 10.1. The number of urea groups is 1. The van der Waals surface area contributed by atoms with Crippen molar-refractivity contribution in [2.45, 2.75) is 0 Å². The van der Waals surface area contributed by atoms with Gasteiger partial charge in [-0.1, -0.05) is 35.5 Å². The molecule has 2 aromatic heterocycles. The van der Waals surface area contributed by atoms with E-state index in [0.29, 0.717) is 35.5 Å². The summed E-state index contributed by atoms with van der Waals surface area (Å²) in [5.41, 5.74) is 2.27. The average Bonchev–Trinajstić information content (AvgIpc) is 3.57. The van der Waals surface area contributed by atoms with Crippen LogP contribution in [0.25, 0.3) is 17.3 Å². The zero-order valence-corrected chi connectivity index (χ0v) is 18.5. The number of ether oxygens (including phenoxy) is 2. The zero-order chi connectivity index (χ0) is 23.3. The van der Waals surface area contributed by atoms with E-state index >= 15 is 0 Å². The monoisotopic (exact) mass is 474 g/mol. The third-order valence-corrected chi connectivity index (χ3v) is 5.66. The van der Waals surface area contributed by atoms with Crippen LogP contribution in [0.15, 0.2) is 76.8 Å². The van der Waals surface area contributed by atoms with Crippen molar-refractivity contribution < 1.29 is 23.6 Å². The topological polar surface area (TPSA) is 107 Å². The molecule has 10 heteroatoms. The Labute approximate surface area is 198 Å². The van der Waals surface area contributed by atoms with Crippen LogP contribution in [0.2, 0.25) is 0 Å². The molecular weight excluding hydrogens is 456 g/mol. The molecule has 0 fully saturated rings. The molecule has 170 valence electrons. The maximum Gasteiger partial charge on any atom is 0.336 e. The minimum Gasteiger partial charge on any atom is -0.486 e. The van der Waals surface area contributed by atoms with Crippen LogP contribution in [0.5, 0.6) is 11.5 Å². The summed E-state index contributed by atoms with van der Waals surface area (Å²) in [6.07, 6.45) is 4.24. The van der Waals surface area contributed by atoms with E-state index in [2.05, 4.69) is 15.5 Å². The van der Waals surface area contributed by atoms with Crippen LogP contribution >= 0.6 is 11.3 Å². The average molecular weight is 474 g/mol. The van der Waals surface area contributed by atoms with Crippen molar-refractivity contribution in [1.29, 1.82) is 0 Å². The van der Waals surface area contributed by atoms with Gasteiger partial charge < -0.3 is 14.0 Å². The van der Waals surface area contributed by atoms with Gasteiger partial charge in [-0.2, -0.15) is 0 Å². The molecule has 1 N–H and O–H groups in total. The van der Waals surface area contributed by atoms with Crippen LogP contribution in [0.3, 0.4) is 0 Å². The van der Waals surface area contributed by atoms with Crippen molar-refractivity contribution >= 4 is 40.3 Å². The van der Waals surface area contributed by atoms with E-state index in [0.717, 1.165) is 11.1 Å². The zero-order valence-electron chi connectivity index (χ0n) is 17.7. The van der Waals surface area contributed by atoms with Crippen molar-refractivity contribution in [3.05, 3.63) is 77.9 Å². The standard InChI is InChI=1S/C24H18N4O5S/c29-22(9-6-16-4-2-1-3-5-16)26-23(30)28(21-10-11-33-27-21)24-25-18(15-34-24)17-7-8-19-20(14-17)32-13-12-31-19/h1-11,14-15H,12-13H2,(H,26,29,30). The summed E-state index contributed by atoms with van der Waals surface area (Å²) in [5, 5.41) is 8.30. The lowest BCUT2D eigenvalue weighted by Gasteiger charge is -2.18. The van der Waals surface area contributed by atoms with Crippen molar-refractivity contribution in [3.8, 4) is 22.8 Å². The largest absolute Gasteiger partial charge is 0.486 e. The molecular formula is C24H18N4O5S. The Hall–Kier alpha value is -4.44. The van der Waals surface area contributed by atoms with Crippen molar-refractivity contribution in [3.63, 3.8) is 0 Å². The van der Waals surface area contributed by atoms with Gasteiger partial charge in [0, 0.05) is 23.1 Å². The molecule has 3 heterocycles. The van der Waals surface area contributed by atoms with Gasteiger partial charge in [-0.05, 0) is 29.8 Å². The number of carbonyl (C=O) groups excluding carboxylic acids is 2. The summed E-state index contributed by atoms with van der Waals surface area (Å²) in [5.74, 6) is 0.933. The third kappa shape index (κ3) is 4.66. The fourth-order valence-corrected chi connectivity index (χ4v) is 4.09. The maximum absolute atomic E-state index is 13.0. The summed E-state index contributed by atoms with van der Waals surface area (Å²) in [6.45, 7) is 0.986. The van der Waals surface area contributed by atoms with Gasteiger partial charge in [0.2, 0.25) is 0 Å². The molecule has 9 nitrogen and oxygen atoms in total. The summed E-state index contributed by atoms with van der Waals surface area (Å²) < 4.78 is 16.1. The van der Waals surface area contributed by atoms with Crippen LogP contribution in [0.4, 0.5) is 15.7 Å². The highest BCUT2D eigenvalue weighted by atomic mass is 32.1. The smallest absolute Gasteiger partial charge is 0.336 e. The van der Waals surface area contributed by atoms with E-state index in [1.807, 2.05) is 48.5 Å². The number of nitrogens with one attached hydrogen (secondary N) is 1. The number of thiazole rings is 1. The number of aromatic nitrogens is 2. The lowest BCUT2D eigenvalue weighted by Crippen LogP contribution is -2.39. The molecule has 0 atom stereocenters. The molecule has 3 amide bonds. The molecule has 0 aliphatic carbocycles. The molecule has 0 spiro atoms. The van der Waals surface area contributed by atoms with Crippen LogP contribution in [0.1, 0.15) is 5.56 Å². The van der Waals surface area contributed by atoms with Crippen LogP contribution in [-0.4, -0.2) is 35.3 Å². The molecule has 2 aromatic carbocycles. The number of anilines is 2. The van der Waals surface area contributed by atoms with Gasteiger partial charge in [0.15, 0.2) is 22.4 Å². The molecule has 5 rings (SSSR count). The molecule has 34 heavy (non-hydrogen) atoms. The molecule has 4 aromatic rings. The van der Waals surface area contributed by atoms with E-state index in [4.69, 9.17) is 14.0 Å². The second-order valence-corrected chi connectivity index (χ2v) is 7.94. The van der Waals surface area contributed by atoms with Gasteiger partial charge in [-0.15, -0.1) is 11.3 Å². The summed E-state index contributed by atoms with van der Waals surface area (Å²) in [7, 11) is 0. The SMILES string of the molecule is O=C(C=Cc1ccccc1)NC(=O)N(c1ccon1)c1nc(-c2ccc3c(c2)OCCO3)cs1. The van der Waals surface area contributed by atoms with Crippen LogP contribution in [-0.2, 0) is 4.79 Å². The molecule has 0 bridgehead atoms. The molecule has 1 aliphatic rings. The number of amides is 3. The number of carbonyl (C=O) groups is 2. The van der Waals surface area contributed by atoms with E-state index < -0.39 is 11.9 Å². The highest BCUT2D eigenvalue weighted by Gasteiger charge is 2.25. The Morgan fingerprint density at radius 2 is 1.85 bits per heavy atom. The van der Waals surface area contributed by atoms with Crippen molar-refractivity contribution in [2.24, 2.45) is 0 Å². The Bertz CT molecular complexity index is 1330. The first-order valence-corrected chi connectivity index (χ1v) is 11.2. The number of rotatable bonds is 5. The van der Waals surface area contributed by atoms with Crippen molar-refractivity contribution in [2.75, 3.05) is 18.1 Å². The number of nitrogens with zero attached hydrogens (tertiary/aromatic N) is 3. The second kappa shape index (κ2) is 9.59. The highest BCUT2D eigenvalue weighted by molar-refractivity contribution is 7.14. The van der Waals surface area contributed by atoms with E-state index in [9.17, 15) is 9.59 Å². The lowest BCUT2D eigenvalue weighted by molar-refractivity contribution is -0.115. The quantitative estimate of drug-likeness (QED) is 0.419. The number of fused-ring (bicyclic) bond motifs is 1. The Morgan fingerprint density at radius 3 is 2.65 bits per heavy atom. The van der Waals surface area contributed by atoms with Crippen molar-refractivity contribution in [1.82, 2.24) is 15.5 Å². The minimum atomic E-state index is -0.709. The van der Waals surface area contributed by atoms with Crippen LogP contribution < -0.4 is 19.7 Å². The summed E-state index contributed by atoms with van der Waals surface area (Å²) in [6, 6.07) is 15.6. The first-order chi connectivity index (χ1) is 16.7. The van der Waals surface area contributed by atoms with Crippen LogP contribution in [0, 0.1) is 0 Å². The predicted molar refractivity (Wildman–Crippen MR) is 126 cm³/mol. The van der Waals surface area contributed by atoms with Gasteiger partial charge in [-0.25, -0.2) is 14.7 Å². The van der Waals surface area contributed by atoms with Gasteiger partial charge in [0.05, 0.1) is 5.69 Å². The van der Waals surface area contributed by atoms with Gasteiger partial charge in [0.1, 0.15) is 19.5 Å². The van der Waals surface area contributed by atoms with E-state index in [1.54, 1.807) is 11.5 Å². The molecule has 0 saturated carbocycles. The number of hydrogen-bond donors (Lipinski definition) is 1. The number of imide groups is 1. The Kier molecular flexibility index (Phi) is 6.04. The predicted octanol–water partition coefficient (Wildman–Crippen LogP) is 4.66. The Balaban J connectivity index is 1.37. The molecule has 0 saturated heterocycles. The van der Waals surface area contributed by atoms with E-state index in [-0.39, 0.29) is 5.82 Å². The maximum atomic E-state index is 13.0. The second-order valence-electron chi connectivity index (χ2n) is 7.11. The summed E-state index contributed by atoms with van der Waals surface area (Å²) >= 11 is 1.22. The van der Waals surface area contributed by atoms with Gasteiger partial charge >= 0.3 is 6.03 Å². The van der Waals surface area contributed by atoms with Gasteiger partial charge in [-0.3, -0.25) is 10.1 Å². The number of benzene rings is 2. The Morgan fingerprint density at radius 1 is 1.03 bits per heavy atom. The fraction of sp³-hybridized carbons (Fsp3) is 0.0833. The molecule has 0 radical (unpaired) electrons. The van der Waals surface area contributed by atoms with Gasteiger partial charge in [0.25, 0.3) is 5.91 Å². The minimum absolute atomic E-state index is 0.195. The number of hydrogen-bond acceptors (Lipinski definition) is 8. The molecule has 1 aliphatic heterocycles. The molecule has 0 unspecified atom stereocenters. The first kappa shape index (κ1) is 21.4. The summed E-state index contributed by atoms with van der Waals surface area (Å²) in [4.78, 5) is 31.1. The third-order valence-electron chi connectivity index (χ3n) is 4.83. The van der Waals surface area contributed by atoms with E-state index in [1.165, 1.54) is 34.6 Å².